The molecule has 0 unspecified atom stereocenters. The number of hydrogen-bond donors (Lipinski definition) is 0. The smallest absolute Gasteiger partial charge is 0.235 e. The van der Waals surface area contributed by atoms with Crippen molar-refractivity contribution in [3.05, 3.63) is 41.1 Å². The number of nitrogens with zero attached hydrogens (tertiary/aromatic N) is 1. The monoisotopic (exact) mass is 275 g/mol. The summed E-state index contributed by atoms with van der Waals surface area (Å²) in [6.07, 6.45) is 4.31. The lowest BCUT2D eigenvalue weighted by Crippen LogP contribution is -2.40. The lowest BCUT2D eigenvalue weighted by atomic mass is 9.82. The summed E-state index contributed by atoms with van der Waals surface area (Å²) in [7, 11) is 0. The molecule has 100 valence electrons. The molecule has 2 nitrogen and oxygen atoms in total. The molecule has 0 N–H and O–H groups in total. The molecule has 0 bridgehead atoms. The van der Waals surface area contributed by atoms with Gasteiger partial charge in [-0.05, 0) is 55.9 Å². The number of carbonyl (C=O) groups is 1. The van der Waals surface area contributed by atoms with Crippen LogP contribution in [0.5, 0.6) is 0 Å². The van der Waals surface area contributed by atoms with Gasteiger partial charge >= 0.3 is 0 Å². The minimum Gasteiger partial charge on any atom is -0.288 e. The molecule has 1 aromatic rings. The molecule has 1 heterocycles. The van der Waals surface area contributed by atoms with Crippen molar-refractivity contribution in [3.63, 3.8) is 0 Å². The fourth-order valence-corrected chi connectivity index (χ4v) is 3.58. The number of halogens is 1. The first-order valence-corrected chi connectivity index (χ1v) is 7.22. The van der Waals surface area contributed by atoms with Gasteiger partial charge in [0.1, 0.15) is 0 Å². The van der Waals surface area contributed by atoms with Crippen molar-refractivity contribution in [1.82, 2.24) is 0 Å². The van der Waals surface area contributed by atoms with E-state index in [1.54, 1.807) is 4.90 Å². The zero-order valence-electron chi connectivity index (χ0n) is 11.3. The van der Waals surface area contributed by atoms with Gasteiger partial charge in [0, 0.05) is 22.8 Å². The summed E-state index contributed by atoms with van der Waals surface area (Å²) in [5.41, 5.74) is 2.23. The molecule has 1 aliphatic heterocycles. The van der Waals surface area contributed by atoms with Crippen molar-refractivity contribution in [2.75, 3.05) is 4.90 Å². The number of anilines is 1. The molecule has 1 amide bonds. The summed E-state index contributed by atoms with van der Waals surface area (Å²) in [6.45, 7) is 4.34. The van der Waals surface area contributed by atoms with E-state index in [9.17, 15) is 4.79 Å². The SMILES string of the molecule is CC1=CN(c2ccc(Cl)cc2)C(=O)[C@H]2[C@@H]1CC[C@@H]2C. The van der Waals surface area contributed by atoms with Crippen LogP contribution in [0.3, 0.4) is 0 Å². The van der Waals surface area contributed by atoms with E-state index in [1.807, 2.05) is 30.5 Å². The minimum atomic E-state index is 0.153. The molecular formula is C16H18ClNO. The number of benzene rings is 1. The maximum absolute atomic E-state index is 12.7. The van der Waals surface area contributed by atoms with Gasteiger partial charge in [0.2, 0.25) is 5.91 Å². The average molecular weight is 276 g/mol. The minimum absolute atomic E-state index is 0.153. The highest BCUT2D eigenvalue weighted by Crippen LogP contribution is 2.45. The van der Waals surface area contributed by atoms with Gasteiger partial charge < -0.3 is 0 Å². The Bertz CT molecular complexity index is 534. The number of allylic oxidation sites excluding steroid dienone is 1. The Balaban J connectivity index is 1.99. The average Bonchev–Trinajstić information content (AvgIpc) is 2.78. The maximum Gasteiger partial charge on any atom is 0.235 e. The molecule has 1 aromatic carbocycles. The van der Waals surface area contributed by atoms with E-state index in [0.29, 0.717) is 16.9 Å². The van der Waals surface area contributed by atoms with E-state index >= 15 is 0 Å². The molecular weight excluding hydrogens is 258 g/mol. The molecule has 0 aromatic heterocycles. The highest BCUT2D eigenvalue weighted by Gasteiger charge is 2.44. The van der Waals surface area contributed by atoms with Gasteiger partial charge in [0.05, 0.1) is 0 Å². The predicted molar refractivity (Wildman–Crippen MR) is 78.1 cm³/mol. The summed E-state index contributed by atoms with van der Waals surface area (Å²) in [6, 6.07) is 7.48. The zero-order valence-corrected chi connectivity index (χ0v) is 12.0. The van der Waals surface area contributed by atoms with Crippen molar-refractivity contribution >= 4 is 23.2 Å². The first kappa shape index (κ1) is 12.7. The Morgan fingerprint density at radius 2 is 1.89 bits per heavy atom. The zero-order chi connectivity index (χ0) is 13.6. The van der Waals surface area contributed by atoms with Crippen molar-refractivity contribution in [2.45, 2.75) is 26.7 Å². The summed E-state index contributed by atoms with van der Waals surface area (Å²) >= 11 is 5.91. The molecule has 2 aliphatic rings. The van der Waals surface area contributed by atoms with E-state index in [4.69, 9.17) is 11.6 Å². The Labute approximate surface area is 119 Å². The van der Waals surface area contributed by atoms with Crippen molar-refractivity contribution in [2.24, 2.45) is 17.8 Å². The summed E-state index contributed by atoms with van der Waals surface area (Å²) in [5.74, 6) is 1.32. The molecule has 0 radical (unpaired) electrons. The number of hydrogen-bond acceptors (Lipinski definition) is 1. The summed E-state index contributed by atoms with van der Waals surface area (Å²) in [5, 5.41) is 0.695. The Hall–Kier alpha value is -1.28. The normalized spacial score (nSPS) is 30.3. The third-order valence-corrected chi connectivity index (χ3v) is 4.78. The molecule has 19 heavy (non-hydrogen) atoms. The second kappa shape index (κ2) is 4.68. The predicted octanol–water partition coefficient (Wildman–Crippen LogP) is 4.25. The molecule has 0 saturated heterocycles. The van der Waals surface area contributed by atoms with E-state index in [0.717, 1.165) is 18.5 Å². The van der Waals surface area contributed by atoms with Crippen LogP contribution in [0.4, 0.5) is 5.69 Å². The largest absolute Gasteiger partial charge is 0.288 e. The van der Waals surface area contributed by atoms with Gasteiger partial charge in [-0.15, -0.1) is 0 Å². The lowest BCUT2D eigenvalue weighted by Gasteiger charge is -2.34. The quantitative estimate of drug-likeness (QED) is 0.750. The van der Waals surface area contributed by atoms with Crippen LogP contribution in [0, 0.1) is 17.8 Å². The van der Waals surface area contributed by atoms with E-state index in [1.165, 1.54) is 5.57 Å². The van der Waals surface area contributed by atoms with Crippen molar-refractivity contribution in [1.29, 1.82) is 0 Å². The van der Waals surface area contributed by atoms with Crippen LogP contribution in [0.2, 0.25) is 5.02 Å². The third kappa shape index (κ3) is 2.08. The second-order valence-electron chi connectivity index (χ2n) is 5.74. The van der Waals surface area contributed by atoms with Crippen LogP contribution in [0.25, 0.3) is 0 Å². The lowest BCUT2D eigenvalue weighted by molar-refractivity contribution is -0.124. The molecule has 1 fully saturated rings. The Morgan fingerprint density at radius 3 is 2.58 bits per heavy atom. The fourth-order valence-electron chi connectivity index (χ4n) is 3.45. The number of fused-ring (bicyclic) bond motifs is 1. The number of rotatable bonds is 1. The molecule has 0 spiro atoms. The highest BCUT2D eigenvalue weighted by atomic mass is 35.5. The highest BCUT2D eigenvalue weighted by molar-refractivity contribution is 6.30. The van der Waals surface area contributed by atoms with Crippen molar-refractivity contribution < 1.29 is 4.79 Å². The second-order valence-corrected chi connectivity index (χ2v) is 6.18. The molecule has 1 aliphatic carbocycles. The van der Waals surface area contributed by atoms with Crippen LogP contribution >= 0.6 is 11.6 Å². The van der Waals surface area contributed by atoms with Crippen molar-refractivity contribution in [3.8, 4) is 0 Å². The van der Waals surface area contributed by atoms with Gasteiger partial charge in [-0.1, -0.05) is 24.1 Å². The number of carbonyl (C=O) groups excluding carboxylic acids is 1. The van der Waals surface area contributed by atoms with Gasteiger partial charge in [-0.3, -0.25) is 9.69 Å². The molecule has 1 saturated carbocycles. The van der Waals surface area contributed by atoms with Crippen LogP contribution < -0.4 is 4.90 Å². The standard InChI is InChI=1S/C16H18ClNO/c1-10-3-8-14-11(2)9-18(16(19)15(10)14)13-6-4-12(17)5-7-13/h4-7,9-10,14-15H,3,8H2,1-2H3/t10-,14+,15+/m0/s1. The Morgan fingerprint density at radius 1 is 1.21 bits per heavy atom. The third-order valence-electron chi connectivity index (χ3n) is 4.52. The topological polar surface area (TPSA) is 20.3 Å². The van der Waals surface area contributed by atoms with Gasteiger partial charge in [0.15, 0.2) is 0 Å². The van der Waals surface area contributed by atoms with E-state index in [-0.39, 0.29) is 11.8 Å². The molecule has 3 rings (SSSR count). The van der Waals surface area contributed by atoms with Crippen LogP contribution in [0.15, 0.2) is 36.0 Å². The molecule has 3 heteroatoms. The van der Waals surface area contributed by atoms with Crippen LogP contribution in [0.1, 0.15) is 26.7 Å². The van der Waals surface area contributed by atoms with Crippen LogP contribution in [-0.2, 0) is 4.79 Å². The van der Waals surface area contributed by atoms with E-state index in [2.05, 4.69) is 13.8 Å². The van der Waals surface area contributed by atoms with Crippen LogP contribution in [-0.4, -0.2) is 5.91 Å². The summed E-state index contributed by atoms with van der Waals surface area (Å²) < 4.78 is 0. The van der Waals surface area contributed by atoms with E-state index < -0.39 is 0 Å². The molecule has 3 atom stereocenters. The first-order valence-electron chi connectivity index (χ1n) is 6.85. The number of amides is 1. The van der Waals surface area contributed by atoms with Gasteiger partial charge in [-0.25, -0.2) is 0 Å². The fraction of sp³-hybridized carbons (Fsp3) is 0.438. The van der Waals surface area contributed by atoms with Gasteiger partial charge in [-0.2, -0.15) is 0 Å². The summed E-state index contributed by atoms with van der Waals surface area (Å²) in [4.78, 5) is 14.5. The van der Waals surface area contributed by atoms with Gasteiger partial charge in [0.25, 0.3) is 0 Å². The Kier molecular flexibility index (Phi) is 3.14. The maximum atomic E-state index is 12.7. The first-order chi connectivity index (χ1) is 9.08.